The lowest BCUT2D eigenvalue weighted by atomic mass is 10.1. The number of sulfonamides is 1. The highest BCUT2D eigenvalue weighted by Gasteiger charge is 2.20. The molecule has 2 N–H and O–H groups in total. The van der Waals surface area contributed by atoms with Gasteiger partial charge in [-0.1, -0.05) is 12.1 Å². The first kappa shape index (κ1) is 17.4. The first-order valence-electron chi connectivity index (χ1n) is 7.91. The van der Waals surface area contributed by atoms with E-state index in [1.807, 2.05) is 6.07 Å². The van der Waals surface area contributed by atoms with Gasteiger partial charge in [0.25, 0.3) is 0 Å². The van der Waals surface area contributed by atoms with Crippen LogP contribution in [0.15, 0.2) is 29.2 Å². The molecule has 0 spiro atoms. The molecule has 2 rings (SSSR count). The van der Waals surface area contributed by atoms with E-state index < -0.39 is 10.0 Å². The second-order valence-electron chi connectivity index (χ2n) is 6.02. The molecule has 1 heterocycles. The molecule has 5 nitrogen and oxygen atoms in total. The molecule has 1 fully saturated rings. The Hall–Kier alpha value is -0.950. The predicted molar refractivity (Wildman–Crippen MR) is 89.4 cm³/mol. The van der Waals surface area contributed by atoms with E-state index in [1.54, 1.807) is 18.2 Å². The molecule has 0 radical (unpaired) electrons. The molecular weight excluding hydrogens is 298 g/mol. The van der Waals surface area contributed by atoms with Gasteiger partial charge in [-0.2, -0.15) is 0 Å². The lowest BCUT2D eigenvalue weighted by Crippen LogP contribution is -2.30. The first-order chi connectivity index (χ1) is 10.4. The standard InChI is InChI=1S/C16H27N3O2S/c1-13(18-10-9-15-7-5-11-19(15)3)14-6-4-8-16(12-14)22(20,21)17-2/h4,6,8,12-13,15,17-18H,5,7,9-11H2,1-3H3. The molecule has 1 saturated heterocycles. The number of likely N-dealkylation sites (tertiary alicyclic amines) is 1. The van der Waals surface area contributed by atoms with E-state index in [-0.39, 0.29) is 6.04 Å². The van der Waals surface area contributed by atoms with E-state index in [1.165, 1.54) is 26.4 Å². The Morgan fingerprint density at radius 3 is 2.82 bits per heavy atom. The van der Waals surface area contributed by atoms with Crippen molar-refractivity contribution in [1.29, 1.82) is 0 Å². The number of hydrogen-bond acceptors (Lipinski definition) is 4. The van der Waals surface area contributed by atoms with Gasteiger partial charge >= 0.3 is 0 Å². The van der Waals surface area contributed by atoms with E-state index in [2.05, 4.69) is 28.9 Å². The van der Waals surface area contributed by atoms with Crippen LogP contribution in [0.5, 0.6) is 0 Å². The lowest BCUT2D eigenvalue weighted by molar-refractivity contribution is 0.291. The van der Waals surface area contributed by atoms with Crippen molar-refractivity contribution < 1.29 is 8.42 Å². The Kier molecular flexibility index (Phi) is 5.97. The van der Waals surface area contributed by atoms with Gasteiger partial charge in [-0.25, -0.2) is 13.1 Å². The van der Waals surface area contributed by atoms with Crippen molar-refractivity contribution in [3.63, 3.8) is 0 Å². The molecule has 0 saturated carbocycles. The first-order valence-corrected chi connectivity index (χ1v) is 9.39. The van der Waals surface area contributed by atoms with Crippen molar-refractivity contribution in [3.8, 4) is 0 Å². The van der Waals surface area contributed by atoms with Gasteiger partial charge in [-0.15, -0.1) is 0 Å². The molecule has 1 aliphatic heterocycles. The van der Waals surface area contributed by atoms with Crippen LogP contribution in [-0.4, -0.2) is 46.5 Å². The van der Waals surface area contributed by atoms with Crippen LogP contribution in [0.1, 0.15) is 37.8 Å². The second kappa shape index (κ2) is 7.55. The largest absolute Gasteiger partial charge is 0.310 e. The number of nitrogens with one attached hydrogen (secondary N) is 2. The molecule has 0 amide bonds. The molecule has 0 aliphatic carbocycles. The van der Waals surface area contributed by atoms with Gasteiger partial charge in [0, 0.05) is 12.1 Å². The molecule has 1 aromatic rings. The average Bonchev–Trinajstić information content (AvgIpc) is 2.92. The maximum absolute atomic E-state index is 11.9. The van der Waals surface area contributed by atoms with E-state index in [4.69, 9.17) is 0 Å². The minimum absolute atomic E-state index is 0.138. The molecule has 0 aromatic heterocycles. The van der Waals surface area contributed by atoms with Crippen LogP contribution in [0.2, 0.25) is 0 Å². The van der Waals surface area contributed by atoms with Gasteiger partial charge in [0.05, 0.1) is 4.90 Å². The third kappa shape index (κ3) is 4.29. The summed E-state index contributed by atoms with van der Waals surface area (Å²) in [5, 5.41) is 3.50. The van der Waals surface area contributed by atoms with Crippen molar-refractivity contribution in [2.45, 2.75) is 43.2 Å². The van der Waals surface area contributed by atoms with Crippen LogP contribution in [0.4, 0.5) is 0 Å². The van der Waals surface area contributed by atoms with Gasteiger partial charge in [0.2, 0.25) is 10.0 Å². The molecule has 124 valence electrons. The predicted octanol–water partition coefficient (Wildman–Crippen LogP) is 1.73. The Balaban J connectivity index is 1.92. The maximum atomic E-state index is 11.9. The summed E-state index contributed by atoms with van der Waals surface area (Å²) in [5.41, 5.74) is 0.996. The van der Waals surface area contributed by atoms with Crippen LogP contribution in [0, 0.1) is 0 Å². The molecule has 1 aromatic carbocycles. The quantitative estimate of drug-likeness (QED) is 0.801. The molecule has 22 heavy (non-hydrogen) atoms. The van der Waals surface area contributed by atoms with Gasteiger partial charge in [0.15, 0.2) is 0 Å². The van der Waals surface area contributed by atoms with E-state index in [9.17, 15) is 8.42 Å². The van der Waals surface area contributed by atoms with Crippen molar-refractivity contribution in [2.24, 2.45) is 0 Å². The fraction of sp³-hybridized carbons (Fsp3) is 0.625. The van der Waals surface area contributed by atoms with Gasteiger partial charge in [-0.05, 0) is 71.1 Å². The van der Waals surface area contributed by atoms with E-state index in [0.29, 0.717) is 10.9 Å². The summed E-state index contributed by atoms with van der Waals surface area (Å²) in [7, 11) is 0.240. The summed E-state index contributed by atoms with van der Waals surface area (Å²) in [6.07, 6.45) is 3.71. The summed E-state index contributed by atoms with van der Waals surface area (Å²) in [6, 6.07) is 7.94. The van der Waals surface area contributed by atoms with Crippen LogP contribution in [-0.2, 0) is 10.0 Å². The van der Waals surface area contributed by atoms with Gasteiger partial charge in [-0.3, -0.25) is 0 Å². The third-order valence-electron chi connectivity index (χ3n) is 4.54. The van der Waals surface area contributed by atoms with E-state index in [0.717, 1.165) is 18.5 Å². The van der Waals surface area contributed by atoms with Crippen LogP contribution >= 0.6 is 0 Å². The lowest BCUT2D eigenvalue weighted by Gasteiger charge is -2.21. The van der Waals surface area contributed by atoms with Crippen LogP contribution in [0.3, 0.4) is 0 Å². The fourth-order valence-electron chi connectivity index (χ4n) is 3.00. The van der Waals surface area contributed by atoms with E-state index >= 15 is 0 Å². The normalized spacial score (nSPS) is 21.1. The molecular formula is C16H27N3O2S. The Morgan fingerprint density at radius 2 is 2.18 bits per heavy atom. The summed E-state index contributed by atoms with van der Waals surface area (Å²) in [6.45, 7) is 4.22. The smallest absolute Gasteiger partial charge is 0.240 e. The summed E-state index contributed by atoms with van der Waals surface area (Å²) < 4.78 is 26.1. The molecule has 2 unspecified atom stereocenters. The van der Waals surface area contributed by atoms with Crippen molar-refractivity contribution in [3.05, 3.63) is 29.8 Å². The number of hydrogen-bond donors (Lipinski definition) is 2. The molecule has 6 heteroatoms. The zero-order valence-corrected chi connectivity index (χ0v) is 14.5. The fourth-order valence-corrected chi connectivity index (χ4v) is 3.78. The Labute approximate surface area is 134 Å². The Bertz CT molecular complexity index is 589. The van der Waals surface area contributed by atoms with Crippen molar-refractivity contribution in [1.82, 2.24) is 14.9 Å². The molecule has 0 bridgehead atoms. The zero-order valence-electron chi connectivity index (χ0n) is 13.7. The molecule has 1 aliphatic rings. The topological polar surface area (TPSA) is 61.4 Å². The summed E-state index contributed by atoms with van der Waals surface area (Å²) in [4.78, 5) is 2.74. The van der Waals surface area contributed by atoms with Gasteiger partial charge < -0.3 is 10.2 Å². The number of rotatable bonds is 7. The monoisotopic (exact) mass is 325 g/mol. The average molecular weight is 325 g/mol. The Morgan fingerprint density at radius 1 is 1.41 bits per heavy atom. The minimum Gasteiger partial charge on any atom is -0.310 e. The maximum Gasteiger partial charge on any atom is 0.240 e. The number of benzene rings is 1. The third-order valence-corrected chi connectivity index (χ3v) is 5.95. The minimum atomic E-state index is -3.38. The van der Waals surface area contributed by atoms with Crippen molar-refractivity contribution in [2.75, 3.05) is 27.2 Å². The van der Waals surface area contributed by atoms with Crippen LogP contribution in [0.25, 0.3) is 0 Å². The summed E-state index contributed by atoms with van der Waals surface area (Å²) >= 11 is 0. The highest BCUT2D eigenvalue weighted by molar-refractivity contribution is 7.89. The SMILES string of the molecule is CNS(=O)(=O)c1cccc(C(C)NCCC2CCCN2C)c1. The highest BCUT2D eigenvalue weighted by Crippen LogP contribution is 2.19. The zero-order chi connectivity index (χ0) is 16.2. The summed E-state index contributed by atoms with van der Waals surface area (Å²) in [5.74, 6) is 0. The second-order valence-corrected chi connectivity index (χ2v) is 7.91. The highest BCUT2D eigenvalue weighted by atomic mass is 32.2. The van der Waals surface area contributed by atoms with Crippen molar-refractivity contribution >= 4 is 10.0 Å². The molecule has 2 atom stereocenters. The number of nitrogens with zero attached hydrogens (tertiary/aromatic N) is 1. The van der Waals surface area contributed by atoms with Crippen LogP contribution < -0.4 is 10.0 Å². The van der Waals surface area contributed by atoms with Gasteiger partial charge in [0.1, 0.15) is 0 Å².